The molecule has 0 amide bonds. The van der Waals surface area contributed by atoms with Gasteiger partial charge in [0.15, 0.2) is 0 Å². The molecule has 12 heavy (non-hydrogen) atoms. The third-order valence-corrected chi connectivity index (χ3v) is 1.29. The van der Waals surface area contributed by atoms with Crippen LogP contribution in [0.25, 0.3) is 0 Å². The van der Waals surface area contributed by atoms with Crippen LogP contribution in [0, 0.1) is 0 Å². The van der Waals surface area contributed by atoms with Gasteiger partial charge in [-0.15, -0.1) is 0 Å². The molecule has 0 rings (SSSR count). The molecule has 0 aromatic rings. The van der Waals surface area contributed by atoms with E-state index in [1.807, 2.05) is 20.8 Å². The van der Waals surface area contributed by atoms with Crippen LogP contribution >= 0.6 is 0 Å². The summed E-state index contributed by atoms with van der Waals surface area (Å²) in [5.74, 6) is -1.25. The van der Waals surface area contributed by atoms with Gasteiger partial charge in [-0.25, -0.2) is 0 Å². The van der Waals surface area contributed by atoms with Crippen LogP contribution in [0.3, 0.4) is 0 Å². The quantitative estimate of drug-likeness (QED) is 0.584. The lowest BCUT2D eigenvalue weighted by molar-refractivity contribution is -0.387. The zero-order valence-electron chi connectivity index (χ0n) is 8.00. The number of ether oxygens (including phenoxy) is 3. The highest BCUT2D eigenvalue weighted by atomic mass is 16.9. The molecule has 4 heteroatoms. The van der Waals surface area contributed by atoms with Crippen LogP contribution < -0.4 is 0 Å². The first-order chi connectivity index (χ1) is 5.74. The average Bonchev–Trinajstić information content (AvgIpc) is 2.06. The van der Waals surface area contributed by atoms with Crippen molar-refractivity contribution in [3.05, 3.63) is 0 Å². The first kappa shape index (κ1) is 11.8. The van der Waals surface area contributed by atoms with Gasteiger partial charge in [-0.05, 0) is 20.8 Å². The van der Waals surface area contributed by atoms with Crippen LogP contribution in [0.15, 0.2) is 0 Å². The van der Waals surface area contributed by atoms with Crippen LogP contribution in [0.1, 0.15) is 20.8 Å². The third-order valence-electron chi connectivity index (χ3n) is 1.29. The van der Waals surface area contributed by atoms with E-state index in [9.17, 15) is 0 Å². The Hall–Kier alpha value is -0.160. The van der Waals surface area contributed by atoms with Gasteiger partial charge in [0.25, 0.3) is 0 Å². The van der Waals surface area contributed by atoms with Gasteiger partial charge in [-0.3, -0.25) is 0 Å². The van der Waals surface area contributed by atoms with E-state index in [2.05, 4.69) is 0 Å². The second kappa shape index (κ2) is 6.37. The van der Waals surface area contributed by atoms with Gasteiger partial charge in [0.1, 0.15) is 6.61 Å². The maximum Gasteiger partial charge on any atom is 0.307 e. The van der Waals surface area contributed by atoms with Crippen molar-refractivity contribution in [2.45, 2.75) is 26.7 Å². The molecular formula is C8H18O4. The summed E-state index contributed by atoms with van der Waals surface area (Å²) in [7, 11) is 0. The molecule has 0 atom stereocenters. The monoisotopic (exact) mass is 178 g/mol. The van der Waals surface area contributed by atoms with Crippen molar-refractivity contribution in [2.24, 2.45) is 0 Å². The molecule has 0 aliphatic heterocycles. The molecule has 0 fully saturated rings. The maximum atomic E-state index is 8.99. The van der Waals surface area contributed by atoms with Crippen molar-refractivity contribution in [1.82, 2.24) is 0 Å². The SMILES string of the molecule is CCOC(CO)(OCC)OCC. The lowest BCUT2D eigenvalue weighted by Gasteiger charge is -2.29. The molecule has 0 aromatic carbocycles. The minimum Gasteiger partial charge on any atom is -0.388 e. The molecular weight excluding hydrogens is 160 g/mol. The highest BCUT2D eigenvalue weighted by Gasteiger charge is 2.31. The first-order valence-electron chi connectivity index (χ1n) is 4.27. The number of hydrogen-bond acceptors (Lipinski definition) is 4. The Kier molecular flexibility index (Phi) is 6.28. The Bertz CT molecular complexity index is 88.2. The van der Waals surface area contributed by atoms with Gasteiger partial charge in [0, 0.05) is 19.8 Å². The first-order valence-corrected chi connectivity index (χ1v) is 4.27. The van der Waals surface area contributed by atoms with Crippen molar-refractivity contribution in [1.29, 1.82) is 0 Å². The second-order valence-corrected chi connectivity index (χ2v) is 2.14. The summed E-state index contributed by atoms with van der Waals surface area (Å²) >= 11 is 0. The number of aliphatic hydroxyl groups excluding tert-OH is 1. The van der Waals surface area contributed by atoms with E-state index in [-0.39, 0.29) is 6.61 Å². The summed E-state index contributed by atoms with van der Waals surface area (Å²) in [6.45, 7) is 6.51. The van der Waals surface area contributed by atoms with Crippen LogP contribution in [0.5, 0.6) is 0 Å². The Labute approximate surface area is 73.4 Å². The summed E-state index contributed by atoms with van der Waals surface area (Å²) in [5.41, 5.74) is 0. The van der Waals surface area contributed by atoms with Gasteiger partial charge in [0.05, 0.1) is 0 Å². The van der Waals surface area contributed by atoms with E-state index in [4.69, 9.17) is 19.3 Å². The zero-order valence-corrected chi connectivity index (χ0v) is 8.00. The van der Waals surface area contributed by atoms with Gasteiger partial charge in [-0.1, -0.05) is 0 Å². The van der Waals surface area contributed by atoms with Gasteiger partial charge >= 0.3 is 5.97 Å². The van der Waals surface area contributed by atoms with Crippen molar-refractivity contribution in [3.63, 3.8) is 0 Å². The predicted octanol–water partition coefficient (Wildman–Crippen LogP) is 0.742. The number of hydrogen-bond donors (Lipinski definition) is 1. The summed E-state index contributed by atoms with van der Waals surface area (Å²) < 4.78 is 15.5. The largest absolute Gasteiger partial charge is 0.388 e. The normalized spacial score (nSPS) is 12.0. The summed E-state index contributed by atoms with van der Waals surface area (Å²) in [6.07, 6.45) is 0. The maximum absolute atomic E-state index is 8.99. The standard InChI is InChI=1S/C8H18O4/c1-4-10-8(7-9,11-5-2)12-6-3/h9H,4-7H2,1-3H3. The molecule has 0 heterocycles. The Morgan fingerprint density at radius 3 is 1.42 bits per heavy atom. The topological polar surface area (TPSA) is 47.9 Å². The molecule has 0 aromatic heterocycles. The summed E-state index contributed by atoms with van der Waals surface area (Å²) in [5, 5.41) is 8.99. The molecule has 74 valence electrons. The molecule has 0 unspecified atom stereocenters. The van der Waals surface area contributed by atoms with Crippen LogP contribution in [0.4, 0.5) is 0 Å². The van der Waals surface area contributed by atoms with Crippen LogP contribution in [-0.2, 0) is 14.2 Å². The van der Waals surface area contributed by atoms with Crippen molar-refractivity contribution >= 4 is 0 Å². The van der Waals surface area contributed by atoms with E-state index in [0.717, 1.165) is 0 Å². The fourth-order valence-electron chi connectivity index (χ4n) is 0.922. The molecule has 0 saturated heterocycles. The van der Waals surface area contributed by atoms with Crippen molar-refractivity contribution < 1.29 is 19.3 Å². The second-order valence-electron chi connectivity index (χ2n) is 2.14. The van der Waals surface area contributed by atoms with E-state index in [1.54, 1.807) is 0 Å². The van der Waals surface area contributed by atoms with Crippen molar-refractivity contribution in [2.75, 3.05) is 26.4 Å². The lowest BCUT2D eigenvalue weighted by Crippen LogP contribution is -2.43. The molecule has 0 radical (unpaired) electrons. The molecule has 0 aliphatic rings. The van der Waals surface area contributed by atoms with E-state index in [1.165, 1.54) is 0 Å². The van der Waals surface area contributed by atoms with E-state index >= 15 is 0 Å². The van der Waals surface area contributed by atoms with Crippen LogP contribution in [-0.4, -0.2) is 37.5 Å². The molecule has 0 saturated carbocycles. The highest BCUT2D eigenvalue weighted by Crippen LogP contribution is 2.14. The minimum atomic E-state index is -1.25. The predicted molar refractivity (Wildman–Crippen MR) is 44.7 cm³/mol. The zero-order chi connectivity index (χ0) is 9.45. The summed E-state index contributed by atoms with van der Waals surface area (Å²) in [4.78, 5) is 0. The Morgan fingerprint density at radius 1 is 0.917 bits per heavy atom. The average molecular weight is 178 g/mol. The molecule has 0 aliphatic carbocycles. The smallest absolute Gasteiger partial charge is 0.307 e. The third kappa shape index (κ3) is 3.49. The molecule has 0 bridgehead atoms. The fourth-order valence-corrected chi connectivity index (χ4v) is 0.922. The van der Waals surface area contributed by atoms with Gasteiger partial charge in [-0.2, -0.15) is 0 Å². The number of aliphatic hydroxyl groups is 1. The highest BCUT2D eigenvalue weighted by molar-refractivity contribution is 4.53. The van der Waals surface area contributed by atoms with Crippen molar-refractivity contribution in [3.8, 4) is 0 Å². The number of rotatable bonds is 7. The molecule has 0 spiro atoms. The van der Waals surface area contributed by atoms with Gasteiger partial charge in [0.2, 0.25) is 0 Å². The molecule has 4 nitrogen and oxygen atoms in total. The fraction of sp³-hybridized carbons (Fsp3) is 1.00. The Morgan fingerprint density at radius 2 is 1.25 bits per heavy atom. The minimum absolute atomic E-state index is 0.289. The van der Waals surface area contributed by atoms with Crippen LogP contribution in [0.2, 0.25) is 0 Å². The summed E-state index contributed by atoms with van der Waals surface area (Å²) in [6, 6.07) is 0. The Balaban J connectivity index is 4.06. The lowest BCUT2D eigenvalue weighted by atomic mass is 10.5. The van der Waals surface area contributed by atoms with E-state index < -0.39 is 5.97 Å². The van der Waals surface area contributed by atoms with E-state index in [0.29, 0.717) is 19.8 Å². The van der Waals surface area contributed by atoms with Gasteiger partial charge < -0.3 is 19.3 Å². The molecule has 1 N–H and O–H groups in total.